The van der Waals surface area contributed by atoms with Gasteiger partial charge < -0.3 is 29.0 Å². The molecule has 2 fully saturated rings. The molecule has 1 unspecified atom stereocenters. The number of nitrogens with zero attached hydrogens (tertiary/aromatic N) is 5. The van der Waals surface area contributed by atoms with Gasteiger partial charge in [0.05, 0.1) is 24.3 Å². The molecule has 1 amide bonds. The maximum Gasteiger partial charge on any atom is 0.407 e. The number of esters is 1. The number of benzene rings is 1. The molecule has 0 bridgehead atoms. The molecule has 3 aromatic rings. The van der Waals surface area contributed by atoms with Gasteiger partial charge in [-0.3, -0.25) is 4.79 Å². The lowest BCUT2D eigenvalue weighted by Crippen LogP contribution is -2.42. The van der Waals surface area contributed by atoms with Crippen molar-refractivity contribution < 1.29 is 23.5 Å². The van der Waals surface area contributed by atoms with Gasteiger partial charge in [0.25, 0.3) is 0 Å². The third-order valence-corrected chi connectivity index (χ3v) is 8.25. The van der Waals surface area contributed by atoms with Crippen molar-refractivity contribution in [3.05, 3.63) is 41.0 Å². The average molecular weight is 656 g/mol. The molecule has 2 aromatic heterocycles. The molecule has 0 saturated carbocycles. The number of pyridine rings is 1. The summed E-state index contributed by atoms with van der Waals surface area (Å²) in [6.07, 6.45) is 4.84. The van der Waals surface area contributed by atoms with E-state index in [1.807, 2.05) is 51.1 Å². The van der Waals surface area contributed by atoms with Gasteiger partial charge in [-0.2, -0.15) is 0 Å². The first-order chi connectivity index (χ1) is 20.6. The fourth-order valence-corrected chi connectivity index (χ4v) is 5.97. The number of hydrogen-bond donors (Lipinski definition) is 1. The maximum atomic E-state index is 12.1. The topological polar surface area (TPSA) is 123 Å². The molecule has 43 heavy (non-hydrogen) atoms. The Bertz CT molecular complexity index is 1430. The predicted molar refractivity (Wildman–Crippen MR) is 167 cm³/mol. The third-order valence-electron chi connectivity index (χ3n) is 7.75. The number of amides is 1. The molecular weight excluding hydrogens is 616 g/mol. The molecule has 11 nitrogen and oxygen atoms in total. The fourth-order valence-electron chi connectivity index (χ4n) is 5.62. The minimum Gasteiger partial charge on any atom is -0.469 e. The number of ether oxygens (including phenoxy) is 2. The van der Waals surface area contributed by atoms with Crippen LogP contribution in [0.3, 0.4) is 0 Å². The van der Waals surface area contributed by atoms with Crippen LogP contribution in [0, 0.1) is 11.8 Å². The number of halogens is 1. The van der Waals surface area contributed by atoms with E-state index in [9.17, 15) is 9.59 Å². The van der Waals surface area contributed by atoms with Crippen molar-refractivity contribution in [1.82, 2.24) is 20.5 Å². The van der Waals surface area contributed by atoms with Gasteiger partial charge in [-0.25, -0.2) is 9.78 Å². The molecule has 2 saturated heterocycles. The second-order valence-corrected chi connectivity index (χ2v) is 13.0. The number of aromatic nitrogens is 3. The molecule has 4 heterocycles. The van der Waals surface area contributed by atoms with Crippen LogP contribution in [-0.4, -0.2) is 72.7 Å². The molecule has 0 aliphatic carbocycles. The first-order valence-corrected chi connectivity index (χ1v) is 15.5. The Morgan fingerprint density at radius 3 is 2.56 bits per heavy atom. The van der Waals surface area contributed by atoms with Crippen LogP contribution in [0.15, 0.2) is 45.4 Å². The van der Waals surface area contributed by atoms with Gasteiger partial charge in [-0.1, -0.05) is 15.9 Å². The molecular formula is C31H39BrN6O5. The van der Waals surface area contributed by atoms with Gasteiger partial charge in [-0.15, -0.1) is 10.2 Å². The Hall–Kier alpha value is -3.67. The summed E-state index contributed by atoms with van der Waals surface area (Å²) >= 11 is 3.60. The number of alkyl carbamates (subject to hydrolysis) is 1. The van der Waals surface area contributed by atoms with E-state index in [2.05, 4.69) is 46.2 Å². The molecule has 1 N–H and O–H groups in total. The number of methoxy groups -OCH3 is 1. The van der Waals surface area contributed by atoms with Crippen LogP contribution < -0.4 is 15.1 Å². The molecule has 0 spiro atoms. The van der Waals surface area contributed by atoms with E-state index in [1.54, 1.807) is 6.20 Å². The minimum absolute atomic E-state index is 0.0795. The van der Waals surface area contributed by atoms with Crippen LogP contribution in [0.25, 0.3) is 22.9 Å². The van der Waals surface area contributed by atoms with E-state index in [-0.39, 0.29) is 17.8 Å². The second kappa shape index (κ2) is 13.3. The van der Waals surface area contributed by atoms with Gasteiger partial charge in [0, 0.05) is 49.0 Å². The summed E-state index contributed by atoms with van der Waals surface area (Å²) in [5.41, 5.74) is 2.07. The fraction of sp³-hybridized carbons (Fsp3) is 0.516. The van der Waals surface area contributed by atoms with Crippen molar-refractivity contribution in [2.24, 2.45) is 11.8 Å². The van der Waals surface area contributed by atoms with Crippen molar-refractivity contribution in [2.45, 2.75) is 52.1 Å². The first-order valence-electron chi connectivity index (χ1n) is 14.7. The lowest BCUT2D eigenvalue weighted by Gasteiger charge is -2.34. The van der Waals surface area contributed by atoms with E-state index < -0.39 is 11.7 Å². The summed E-state index contributed by atoms with van der Waals surface area (Å²) in [7, 11) is 1.44. The normalized spacial score (nSPS) is 17.9. The lowest BCUT2D eigenvalue weighted by atomic mass is 9.96. The number of anilines is 2. The molecule has 2 aliphatic rings. The van der Waals surface area contributed by atoms with E-state index in [1.165, 1.54) is 7.11 Å². The molecule has 12 heteroatoms. The SMILES string of the molecule is COC(=O)C1CCN(c2cc(Br)ccc2-c2nnc(-c3ccnc(N4CCCC(CNC(=O)OC(C)(C)C)C4)c3)o2)CC1. The van der Waals surface area contributed by atoms with E-state index >= 15 is 0 Å². The summed E-state index contributed by atoms with van der Waals surface area (Å²) in [5, 5.41) is 11.7. The quantitative estimate of drug-likeness (QED) is 0.318. The molecule has 1 aromatic carbocycles. The Balaban J connectivity index is 1.28. The average Bonchev–Trinajstić information content (AvgIpc) is 3.49. The number of piperidine rings is 2. The van der Waals surface area contributed by atoms with Gasteiger partial charge in [0.15, 0.2) is 0 Å². The Kier molecular flexibility index (Phi) is 9.53. The zero-order valence-electron chi connectivity index (χ0n) is 25.1. The third kappa shape index (κ3) is 7.84. The highest BCUT2D eigenvalue weighted by Gasteiger charge is 2.28. The summed E-state index contributed by atoms with van der Waals surface area (Å²) in [4.78, 5) is 33.3. The zero-order chi connectivity index (χ0) is 30.6. The number of carbonyl (C=O) groups is 2. The van der Waals surface area contributed by atoms with Crippen molar-refractivity contribution in [2.75, 3.05) is 49.6 Å². The van der Waals surface area contributed by atoms with Crippen LogP contribution in [0.5, 0.6) is 0 Å². The summed E-state index contributed by atoms with van der Waals surface area (Å²) in [5.74, 6) is 1.73. The number of nitrogens with one attached hydrogen (secondary N) is 1. The molecule has 5 rings (SSSR count). The highest BCUT2D eigenvalue weighted by molar-refractivity contribution is 9.10. The van der Waals surface area contributed by atoms with E-state index in [0.29, 0.717) is 18.3 Å². The van der Waals surface area contributed by atoms with E-state index in [0.717, 1.165) is 79.0 Å². The predicted octanol–water partition coefficient (Wildman–Crippen LogP) is 5.69. The molecule has 2 aliphatic heterocycles. The molecule has 0 radical (unpaired) electrons. The van der Waals surface area contributed by atoms with Crippen LogP contribution in [0.4, 0.5) is 16.3 Å². The van der Waals surface area contributed by atoms with Crippen molar-refractivity contribution in [3.63, 3.8) is 0 Å². The highest BCUT2D eigenvalue weighted by atomic mass is 79.9. The smallest absolute Gasteiger partial charge is 0.407 e. The van der Waals surface area contributed by atoms with E-state index in [4.69, 9.17) is 13.9 Å². The number of rotatable bonds is 7. The maximum absolute atomic E-state index is 12.1. The van der Waals surface area contributed by atoms with Gasteiger partial charge >= 0.3 is 12.1 Å². The number of carbonyl (C=O) groups excluding carboxylic acids is 2. The van der Waals surface area contributed by atoms with Gasteiger partial charge in [0.1, 0.15) is 11.4 Å². The Morgan fingerprint density at radius 2 is 1.81 bits per heavy atom. The largest absolute Gasteiger partial charge is 0.469 e. The van der Waals surface area contributed by atoms with Crippen LogP contribution in [-0.2, 0) is 14.3 Å². The molecule has 1 atom stereocenters. The number of hydrogen-bond acceptors (Lipinski definition) is 10. The minimum atomic E-state index is -0.524. The van der Waals surface area contributed by atoms with Crippen LogP contribution in [0.2, 0.25) is 0 Å². The van der Waals surface area contributed by atoms with Crippen molar-refractivity contribution in [1.29, 1.82) is 0 Å². The van der Waals surface area contributed by atoms with Crippen molar-refractivity contribution >= 4 is 39.5 Å². The standard InChI is InChI=1S/C31H39BrN6O5/c1-31(2,3)43-30(40)34-18-20-6-5-13-38(19-20)26-16-22(9-12-33-26)27-35-36-28(42-27)24-8-7-23(32)17-25(24)37-14-10-21(11-15-37)29(39)41-4/h7-9,12,16-17,20-21H,5-6,10-11,13-15,18-19H2,1-4H3,(H,34,40). The monoisotopic (exact) mass is 654 g/mol. The van der Waals surface area contributed by atoms with Crippen LogP contribution >= 0.6 is 15.9 Å². The van der Waals surface area contributed by atoms with Crippen LogP contribution in [0.1, 0.15) is 46.5 Å². The Morgan fingerprint density at radius 1 is 1.05 bits per heavy atom. The van der Waals surface area contributed by atoms with Gasteiger partial charge in [0.2, 0.25) is 11.8 Å². The lowest BCUT2D eigenvalue weighted by molar-refractivity contribution is -0.146. The van der Waals surface area contributed by atoms with Crippen molar-refractivity contribution in [3.8, 4) is 22.9 Å². The zero-order valence-corrected chi connectivity index (χ0v) is 26.7. The first kappa shape index (κ1) is 30.8. The highest BCUT2D eigenvalue weighted by Crippen LogP contribution is 2.36. The summed E-state index contributed by atoms with van der Waals surface area (Å²) in [6, 6.07) is 9.82. The second-order valence-electron chi connectivity index (χ2n) is 12.1. The van der Waals surface area contributed by atoms with Gasteiger partial charge in [-0.05, 0) is 82.7 Å². The summed E-state index contributed by atoms with van der Waals surface area (Å²) < 4.78 is 17.5. The molecule has 230 valence electrons. The summed E-state index contributed by atoms with van der Waals surface area (Å²) in [6.45, 7) is 9.22. The Labute approximate surface area is 260 Å².